The molecule has 5 heteroatoms. The fourth-order valence-corrected chi connectivity index (χ4v) is 4.63. The Bertz CT molecular complexity index is 371. The van der Waals surface area contributed by atoms with Gasteiger partial charge in [-0.05, 0) is 63.9 Å². The first-order valence-corrected chi connectivity index (χ1v) is 7.28. The molecule has 0 spiro atoms. The summed E-state index contributed by atoms with van der Waals surface area (Å²) in [5.74, 6) is 0.481. The minimum Gasteiger partial charge on any atom is -0.317 e. The van der Waals surface area contributed by atoms with Crippen molar-refractivity contribution < 1.29 is 4.79 Å². The van der Waals surface area contributed by atoms with Crippen molar-refractivity contribution in [1.29, 1.82) is 0 Å². The molecule has 0 unspecified atom stereocenters. The molecule has 1 N–H and O–H groups in total. The number of piperidine rings is 1. The predicted octanol–water partition coefficient (Wildman–Crippen LogP) is 3.46. The summed E-state index contributed by atoms with van der Waals surface area (Å²) in [7, 11) is 0. The highest BCUT2D eigenvalue weighted by molar-refractivity contribution is 9.12. The van der Waals surface area contributed by atoms with Gasteiger partial charge in [0.2, 0.25) is 0 Å². The highest BCUT2D eigenvalue weighted by atomic mass is 79.9. The van der Waals surface area contributed by atoms with Crippen molar-refractivity contribution in [3.63, 3.8) is 0 Å². The average Bonchev–Trinajstić information content (AvgIpc) is 2.58. The van der Waals surface area contributed by atoms with Gasteiger partial charge in [-0.25, -0.2) is 0 Å². The third kappa shape index (κ3) is 2.70. The van der Waals surface area contributed by atoms with Gasteiger partial charge in [0, 0.05) is 11.5 Å². The zero-order valence-electron chi connectivity index (χ0n) is 8.06. The number of rotatable bonds is 2. The van der Waals surface area contributed by atoms with Crippen LogP contribution in [-0.2, 0) is 0 Å². The average molecular weight is 353 g/mol. The Hall–Kier alpha value is 0.290. The van der Waals surface area contributed by atoms with Gasteiger partial charge in [0.1, 0.15) is 0 Å². The maximum atomic E-state index is 12.2. The van der Waals surface area contributed by atoms with Crippen LogP contribution in [-0.4, -0.2) is 18.9 Å². The normalized spacial score (nSPS) is 18.0. The van der Waals surface area contributed by atoms with E-state index in [-0.39, 0.29) is 11.7 Å². The second-order valence-corrected chi connectivity index (χ2v) is 7.38. The van der Waals surface area contributed by atoms with E-state index < -0.39 is 0 Å². The molecule has 1 aromatic heterocycles. The van der Waals surface area contributed by atoms with Gasteiger partial charge in [0.25, 0.3) is 0 Å². The van der Waals surface area contributed by atoms with Crippen LogP contribution in [0.3, 0.4) is 0 Å². The van der Waals surface area contributed by atoms with Crippen LogP contribution in [0.1, 0.15) is 23.2 Å². The lowest BCUT2D eigenvalue weighted by atomic mass is 9.91. The van der Waals surface area contributed by atoms with E-state index in [0.29, 0.717) is 0 Å². The minimum atomic E-state index is 0.198. The summed E-state index contributed by atoms with van der Waals surface area (Å²) in [4.78, 5) is 12.2. The fourth-order valence-electron chi connectivity index (χ4n) is 1.81. The van der Waals surface area contributed by atoms with E-state index >= 15 is 0 Å². The molecule has 15 heavy (non-hydrogen) atoms. The van der Waals surface area contributed by atoms with Gasteiger partial charge in [-0.15, -0.1) is 11.3 Å². The van der Waals surface area contributed by atoms with Crippen molar-refractivity contribution in [3.05, 3.63) is 19.2 Å². The van der Waals surface area contributed by atoms with Crippen molar-refractivity contribution in [2.45, 2.75) is 12.8 Å². The quantitative estimate of drug-likeness (QED) is 0.826. The highest BCUT2D eigenvalue weighted by Crippen LogP contribution is 2.34. The van der Waals surface area contributed by atoms with E-state index in [9.17, 15) is 4.79 Å². The highest BCUT2D eigenvalue weighted by Gasteiger charge is 2.24. The Labute approximate surface area is 110 Å². The number of hydrogen-bond acceptors (Lipinski definition) is 3. The molecular weight excluding hydrogens is 342 g/mol. The first-order valence-electron chi connectivity index (χ1n) is 4.88. The van der Waals surface area contributed by atoms with E-state index in [4.69, 9.17) is 0 Å². The van der Waals surface area contributed by atoms with Crippen LogP contribution < -0.4 is 5.32 Å². The fraction of sp³-hybridized carbons (Fsp3) is 0.500. The van der Waals surface area contributed by atoms with Crippen LogP contribution in [0.5, 0.6) is 0 Å². The monoisotopic (exact) mass is 351 g/mol. The number of thiophene rings is 1. The molecule has 1 aromatic rings. The number of Topliss-reactive ketones (excluding diaryl/α,β-unsaturated/α-hetero) is 1. The van der Waals surface area contributed by atoms with Gasteiger partial charge < -0.3 is 5.32 Å². The van der Waals surface area contributed by atoms with Gasteiger partial charge >= 0.3 is 0 Å². The minimum absolute atomic E-state index is 0.198. The van der Waals surface area contributed by atoms with E-state index in [2.05, 4.69) is 37.2 Å². The summed E-state index contributed by atoms with van der Waals surface area (Å²) in [5.41, 5.74) is 0.832. The molecule has 0 saturated carbocycles. The summed E-state index contributed by atoms with van der Waals surface area (Å²) in [5, 5.41) is 3.27. The molecule has 0 atom stereocenters. The molecule has 1 fully saturated rings. The Kier molecular flexibility index (Phi) is 3.98. The Balaban J connectivity index is 2.16. The molecule has 2 heterocycles. The van der Waals surface area contributed by atoms with Crippen molar-refractivity contribution in [3.8, 4) is 0 Å². The van der Waals surface area contributed by atoms with Crippen LogP contribution in [0, 0.1) is 5.92 Å². The lowest BCUT2D eigenvalue weighted by molar-refractivity contribution is 0.0895. The third-order valence-corrected chi connectivity index (χ3v) is 4.97. The van der Waals surface area contributed by atoms with Crippen molar-refractivity contribution in [2.75, 3.05) is 13.1 Å². The van der Waals surface area contributed by atoms with Crippen LogP contribution in [0.2, 0.25) is 0 Å². The molecule has 2 nitrogen and oxygen atoms in total. The number of carbonyl (C=O) groups excluding carboxylic acids is 1. The van der Waals surface area contributed by atoms with Gasteiger partial charge in [-0.1, -0.05) is 0 Å². The lowest BCUT2D eigenvalue weighted by Crippen LogP contribution is -2.31. The largest absolute Gasteiger partial charge is 0.317 e. The molecule has 2 rings (SSSR count). The molecule has 0 radical (unpaired) electrons. The summed E-state index contributed by atoms with van der Waals surface area (Å²) in [6, 6.07) is 1.92. The van der Waals surface area contributed by atoms with Crippen molar-refractivity contribution >= 4 is 49.0 Å². The van der Waals surface area contributed by atoms with Crippen molar-refractivity contribution in [2.24, 2.45) is 5.92 Å². The number of halogens is 2. The number of nitrogens with one attached hydrogen (secondary N) is 1. The van der Waals surface area contributed by atoms with Gasteiger partial charge in [0.15, 0.2) is 5.78 Å². The Morgan fingerprint density at radius 3 is 2.60 bits per heavy atom. The summed E-state index contributed by atoms with van der Waals surface area (Å²) < 4.78 is 1.95. The molecule has 82 valence electrons. The van der Waals surface area contributed by atoms with E-state index in [1.165, 1.54) is 0 Å². The molecule has 1 aliphatic heterocycles. The number of ketones is 1. The third-order valence-electron chi connectivity index (χ3n) is 2.63. The van der Waals surface area contributed by atoms with Crippen molar-refractivity contribution in [1.82, 2.24) is 5.32 Å². The molecule has 0 aromatic carbocycles. The first-order chi connectivity index (χ1) is 7.18. The molecule has 1 aliphatic rings. The number of hydrogen-bond donors (Lipinski definition) is 1. The Morgan fingerprint density at radius 2 is 2.07 bits per heavy atom. The van der Waals surface area contributed by atoms with Crippen LogP contribution in [0.25, 0.3) is 0 Å². The second-order valence-electron chi connectivity index (χ2n) is 3.63. The van der Waals surface area contributed by atoms with Gasteiger partial charge in [-0.3, -0.25) is 4.79 Å². The zero-order chi connectivity index (χ0) is 10.8. The Morgan fingerprint density at radius 1 is 1.40 bits per heavy atom. The van der Waals surface area contributed by atoms with E-state index in [1.807, 2.05) is 6.07 Å². The molecule has 0 bridgehead atoms. The lowest BCUT2D eigenvalue weighted by Gasteiger charge is -2.21. The molecular formula is C10H11Br2NOS. The van der Waals surface area contributed by atoms with Crippen LogP contribution in [0.4, 0.5) is 0 Å². The molecule has 0 aliphatic carbocycles. The molecule has 0 amide bonds. The summed E-state index contributed by atoms with van der Waals surface area (Å²) in [6.45, 7) is 1.92. The predicted molar refractivity (Wildman–Crippen MR) is 69.6 cm³/mol. The SMILES string of the molecule is O=C(c1cc(Br)sc1Br)C1CCNCC1. The summed E-state index contributed by atoms with van der Waals surface area (Å²) in [6.07, 6.45) is 1.91. The van der Waals surface area contributed by atoms with Gasteiger partial charge in [-0.2, -0.15) is 0 Å². The zero-order valence-corrected chi connectivity index (χ0v) is 12.0. The van der Waals surface area contributed by atoms with E-state index in [1.54, 1.807) is 11.3 Å². The second kappa shape index (κ2) is 5.08. The topological polar surface area (TPSA) is 29.1 Å². The van der Waals surface area contributed by atoms with Gasteiger partial charge in [0.05, 0.1) is 7.57 Å². The van der Waals surface area contributed by atoms with Crippen LogP contribution >= 0.6 is 43.2 Å². The maximum Gasteiger partial charge on any atom is 0.168 e. The standard InChI is InChI=1S/C10H11Br2NOS/c11-8-5-7(10(12)15-8)9(14)6-1-3-13-4-2-6/h5-6,13H,1-4H2. The first kappa shape index (κ1) is 11.8. The summed E-state index contributed by atoms with van der Waals surface area (Å²) >= 11 is 8.39. The van der Waals surface area contributed by atoms with E-state index in [0.717, 1.165) is 39.1 Å². The maximum absolute atomic E-state index is 12.2. The van der Waals surface area contributed by atoms with Crippen LogP contribution in [0.15, 0.2) is 13.6 Å². The molecule has 1 saturated heterocycles. The smallest absolute Gasteiger partial charge is 0.168 e. The number of carbonyl (C=O) groups is 1.